The van der Waals surface area contributed by atoms with Crippen LogP contribution in [0.4, 0.5) is 0 Å². The topological polar surface area (TPSA) is 47.9 Å². The van der Waals surface area contributed by atoms with Gasteiger partial charge in [-0.3, -0.25) is 0 Å². The summed E-state index contributed by atoms with van der Waals surface area (Å²) in [5.41, 5.74) is -0.205. The van der Waals surface area contributed by atoms with Gasteiger partial charge >= 0.3 is 7.12 Å². The van der Waals surface area contributed by atoms with Crippen molar-refractivity contribution in [2.45, 2.75) is 38.9 Å². The lowest BCUT2D eigenvalue weighted by Gasteiger charge is -2.32. The molecule has 0 amide bonds. The van der Waals surface area contributed by atoms with Gasteiger partial charge in [0.05, 0.1) is 18.3 Å². The third kappa shape index (κ3) is 2.08. The second-order valence-electron chi connectivity index (χ2n) is 5.51. The van der Waals surface area contributed by atoms with Crippen molar-refractivity contribution < 1.29 is 19.2 Å². The second kappa shape index (κ2) is 4.18. The first-order valence-electron chi connectivity index (χ1n) is 5.99. The number of rotatable bonds is 2. The van der Waals surface area contributed by atoms with Crippen LogP contribution in [0.5, 0.6) is 11.5 Å². The summed E-state index contributed by atoms with van der Waals surface area (Å²) < 4.78 is 16.8. The average Bonchev–Trinajstić information content (AvgIpc) is 2.47. The molecule has 1 aromatic rings. The molecule has 0 atom stereocenters. The quantitative estimate of drug-likeness (QED) is 0.811. The van der Waals surface area contributed by atoms with Crippen molar-refractivity contribution in [2.75, 3.05) is 7.11 Å². The van der Waals surface area contributed by atoms with Crippen molar-refractivity contribution in [3.8, 4) is 11.5 Å². The largest absolute Gasteiger partial charge is 0.508 e. The highest BCUT2D eigenvalue weighted by Gasteiger charge is 2.52. The molecular weight excluding hydrogens is 231 g/mol. The van der Waals surface area contributed by atoms with E-state index in [4.69, 9.17) is 14.0 Å². The molecule has 18 heavy (non-hydrogen) atoms. The van der Waals surface area contributed by atoms with Crippen LogP contribution in [0.3, 0.4) is 0 Å². The fourth-order valence-electron chi connectivity index (χ4n) is 1.82. The molecule has 5 heteroatoms. The van der Waals surface area contributed by atoms with Gasteiger partial charge in [0.1, 0.15) is 11.5 Å². The Morgan fingerprint density at radius 1 is 1.11 bits per heavy atom. The fourth-order valence-corrected chi connectivity index (χ4v) is 1.82. The van der Waals surface area contributed by atoms with Gasteiger partial charge in [0, 0.05) is 11.5 Å². The molecule has 1 aliphatic rings. The second-order valence-corrected chi connectivity index (χ2v) is 5.51. The molecule has 1 saturated heterocycles. The van der Waals surface area contributed by atoms with Crippen LogP contribution in [0.1, 0.15) is 27.7 Å². The molecule has 1 N–H and O–H groups in total. The molecule has 0 unspecified atom stereocenters. The molecule has 0 aromatic heterocycles. The Hall–Kier alpha value is -1.20. The third-order valence-electron chi connectivity index (χ3n) is 3.74. The van der Waals surface area contributed by atoms with Crippen LogP contribution in [-0.4, -0.2) is 30.5 Å². The van der Waals surface area contributed by atoms with E-state index in [-0.39, 0.29) is 5.75 Å². The van der Waals surface area contributed by atoms with E-state index in [2.05, 4.69) is 0 Å². The summed E-state index contributed by atoms with van der Waals surface area (Å²) in [5.74, 6) is 0.723. The van der Waals surface area contributed by atoms with Crippen LogP contribution >= 0.6 is 0 Å². The number of methoxy groups -OCH3 is 1. The Kier molecular flexibility index (Phi) is 3.07. The van der Waals surface area contributed by atoms with Crippen LogP contribution in [-0.2, 0) is 9.31 Å². The summed E-state index contributed by atoms with van der Waals surface area (Å²) in [4.78, 5) is 0. The molecule has 1 aliphatic heterocycles. The molecule has 1 aromatic carbocycles. The fraction of sp³-hybridized carbons (Fsp3) is 0.538. The van der Waals surface area contributed by atoms with Gasteiger partial charge < -0.3 is 19.2 Å². The summed E-state index contributed by atoms with van der Waals surface area (Å²) in [6.45, 7) is 7.92. The molecule has 0 aliphatic carbocycles. The first-order chi connectivity index (χ1) is 8.27. The Bertz CT molecular complexity index is 440. The van der Waals surface area contributed by atoms with Crippen molar-refractivity contribution in [3.05, 3.63) is 18.2 Å². The normalized spacial score (nSPS) is 21.1. The number of hydrogen-bond donors (Lipinski definition) is 1. The van der Waals surface area contributed by atoms with Gasteiger partial charge in [0.2, 0.25) is 0 Å². The maximum absolute atomic E-state index is 9.98. The van der Waals surface area contributed by atoms with Crippen LogP contribution in [0.25, 0.3) is 0 Å². The predicted molar refractivity (Wildman–Crippen MR) is 70.4 cm³/mol. The number of phenolic OH excluding ortho intramolecular Hbond substituents is 1. The zero-order valence-corrected chi connectivity index (χ0v) is 11.5. The van der Waals surface area contributed by atoms with Crippen LogP contribution in [0.15, 0.2) is 18.2 Å². The smallest absolute Gasteiger partial charge is 0.498 e. The SMILES string of the molecule is COc1ccc(B2OC(C)(C)C(C)(C)O2)c(O)c1. The number of ether oxygens (including phenoxy) is 1. The van der Waals surface area contributed by atoms with Crippen LogP contribution in [0.2, 0.25) is 0 Å². The molecular formula is C13H19BO4. The van der Waals surface area contributed by atoms with E-state index in [1.165, 1.54) is 0 Å². The maximum atomic E-state index is 9.98. The molecule has 0 spiro atoms. The molecule has 98 valence electrons. The molecule has 2 rings (SSSR count). The minimum atomic E-state index is -0.555. The van der Waals surface area contributed by atoms with E-state index in [9.17, 15) is 5.11 Å². The van der Waals surface area contributed by atoms with Crippen molar-refractivity contribution in [1.82, 2.24) is 0 Å². The summed E-state index contributed by atoms with van der Waals surface area (Å²) >= 11 is 0. The van der Waals surface area contributed by atoms with Gasteiger partial charge in [-0.2, -0.15) is 0 Å². The lowest BCUT2D eigenvalue weighted by atomic mass is 9.78. The van der Waals surface area contributed by atoms with Crippen molar-refractivity contribution in [1.29, 1.82) is 0 Å². The summed E-state index contributed by atoms with van der Waals surface area (Å²) in [6, 6.07) is 5.09. The molecule has 1 heterocycles. The Balaban J connectivity index is 2.30. The summed E-state index contributed by atoms with van der Waals surface area (Å²) in [7, 11) is 1.00. The molecule has 1 fully saturated rings. The predicted octanol–water partition coefficient (Wildman–Crippen LogP) is 1.70. The van der Waals surface area contributed by atoms with Crippen molar-refractivity contribution >= 4 is 12.6 Å². The average molecular weight is 250 g/mol. The highest BCUT2D eigenvalue weighted by atomic mass is 16.7. The Labute approximate surface area is 108 Å². The number of hydrogen-bond acceptors (Lipinski definition) is 4. The van der Waals surface area contributed by atoms with Crippen LogP contribution in [0, 0.1) is 0 Å². The monoisotopic (exact) mass is 250 g/mol. The van der Waals surface area contributed by atoms with E-state index >= 15 is 0 Å². The van der Waals surface area contributed by atoms with E-state index in [0.717, 1.165) is 0 Å². The van der Waals surface area contributed by atoms with Crippen LogP contribution < -0.4 is 10.2 Å². The number of phenols is 1. The van der Waals surface area contributed by atoms with Crippen molar-refractivity contribution in [3.63, 3.8) is 0 Å². The van der Waals surface area contributed by atoms with Gasteiger partial charge in [0.25, 0.3) is 0 Å². The van der Waals surface area contributed by atoms with Gasteiger partial charge in [-0.15, -0.1) is 0 Å². The van der Waals surface area contributed by atoms with Crippen molar-refractivity contribution in [2.24, 2.45) is 0 Å². The first-order valence-corrected chi connectivity index (χ1v) is 5.99. The van der Waals surface area contributed by atoms with E-state index < -0.39 is 18.3 Å². The number of benzene rings is 1. The van der Waals surface area contributed by atoms with Gasteiger partial charge in [0.15, 0.2) is 0 Å². The minimum Gasteiger partial charge on any atom is -0.508 e. The van der Waals surface area contributed by atoms with E-state index in [1.54, 1.807) is 25.3 Å². The Morgan fingerprint density at radius 3 is 2.11 bits per heavy atom. The zero-order chi connectivity index (χ0) is 13.6. The maximum Gasteiger partial charge on any atom is 0.498 e. The molecule has 0 saturated carbocycles. The zero-order valence-electron chi connectivity index (χ0n) is 11.5. The summed E-state index contributed by atoms with van der Waals surface area (Å²) in [5, 5.41) is 9.98. The highest BCUT2D eigenvalue weighted by Crippen LogP contribution is 2.37. The van der Waals surface area contributed by atoms with Gasteiger partial charge in [-0.1, -0.05) is 6.07 Å². The lowest BCUT2D eigenvalue weighted by molar-refractivity contribution is 0.00578. The minimum absolute atomic E-state index is 0.118. The third-order valence-corrected chi connectivity index (χ3v) is 3.74. The summed E-state index contributed by atoms with van der Waals surface area (Å²) in [6.07, 6.45) is 0. The molecule has 0 bridgehead atoms. The lowest BCUT2D eigenvalue weighted by Crippen LogP contribution is -2.41. The van der Waals surface area contributed by atoms with Gasteiger partial charge in [-0.05, 0) is 33.8 Å². The van der Waals surface area contributed by atoms with Gasteiger partial charge in [-0.25, -0.2) is 0 Å². The standard InChI is InChI=1S/C13H19BO4/c1-12(2)13(3,4)18-14(17-12)10-7-6-9(16-5)8-11(10)15/h6-8,15H,1-5H3. The molecule has 4 nitrogen and oxygen atoms in total. The van der Waals surface area contributed by atoms with E-state index in [0.29, 0.717) is 11.2 Å². The number of aromatic hydroxyl groups is 1. The highest BCUT2D eigenvalue weighted by molar-refractivity contribution is 6.63. The first kappa shape index (κ1) is 13.2. The van der Waals surface area contributed by atoms with E-state index in [1.807, 2.05) is 27.7 Å². The Morgan fingerprint density at radius 2 is 1.67 bits per heavy atom. The molecule has 0 radical (unpaired) electrons.